The second kappa shape index (κ2) is 6.55. The Morgan fingerprint density at radius 3 is 2.11 bits per heavy atom. The molecule has 0 spiro atoms. The average Bonchev–Trinajstić information content (AvgIpc) is 1.65. The van der Waals surface area contributed by atoms with E-state index in [4.69, 9.17) is 0 Å². The predicted molar refractivity (Wildman–Crippen MR) is 34.8 cm³/mol. The summed E-state index contributed by atoms with van der Waals surface area (Å²) in [6.45, 7) is 1.57. The molecule has 0 heterocycles. The summed E-state index contributed by atoms with van der Waals surface area (Å²) in [6.07, 6.45) is 0.165. The summed E-state index contributed by atoms with van der Waals surface area (Å²) in [6, 6.07) is 0. The summed E-state index contributed by atoms with van der Waals surface area (Å²) >= 11 is 4.67. The minimum atomic E-state index is -1.07. The third kappa shape index (κ3) is 8.43. The molecule has 0 bridgehead atoms. The quantitative estimate of drug-likeness (QED) is 0.245. The van der Waals surface area contributed by atoms with E-state index in [1.54, 1.807) is 6.92 Å². The summed E-state index contributed by atoms with van der Waals surface area (Å²) in [5, 5.41) is 0. The Balaban J connectivity index is 0. The van der Waals surface area contributed by atoms with Gasteiger partial charge in [0.1, 0.15) is 0 Å². The molecular formula is C4H6ClNaO3. The zero-order chi connectivity index (χ0) is 6.57. The van der Waals surface area contributed by atoms with Crippen molar-refractivity contribution in [2.24, 2.45) is 0 Å². The number of rotatable bonds is 1. The monoisotopic (exact) mass is 160 g/mol. The van der Waals surface area contributed by atoms with E-state index >= 15 is 0 Å². The molecule has 0 saturated heterocycles. The molecule has 0 aromatic heterocycles. The molecule has 5 heteroatoms. The summed E-state index contributed by atoms with van der Waals surface area (Å²) < 4.78 is 3.89. The van der Waals surface area contributed by atoms with Gasteiger partial charge in [-0.3, -0.25) is 4.79 Å². The van der Waals surface area contributed by atoms with E-state index in [2.05, 4.69) is 16.3 Å². The van der Waals surface area contributed by atoms with E-state index in [0.29, 0.717) is 0 Å². The molecule has 0 radical (unpaired) electrons. The molecule has 0 aliphatic carbocycles. The van der Waals surface area contributed by atoms with Crippen molar-refractivity contribution in [3.05, 3.63) is 0 Å². The van der Waals surface area contributed by atoms with Crippen molar-refractivity contribution >= 4 is 52.6 Å². The second-order valence-electron chi connectivity index (χ2n) is 1.07. The van der Waals surface area contributed by atoms with Gasteiger partial charge in [0.2, 0.25) is 0 Å². The van der Waals surface area contributed by atoms with Crippen LogP contribution in [0.15, 0.2) is 0 Å². The van der Waals surface area contributed by atoms with Crippen LogP contribution in [-0.4, -0.2) is 41.0 Å². The zero-order valence-corrected chi connectivity index (χ0v) is 5.07. The van der Waals surface area contributed by atoms with Crippen LogP contribution in [-0.2, 0) is 9.53 Å². The van der Waals surface area contributed by atoms with Crippen LogP contribution >= 0.6 is 11.6 Å². The van der Waals surface area contributed by atoms with Gasteiger partial charge in [0.25, 0.3) is 0 Å². The van der Waals surface area contributed by atoms with E-state index in [9.17, 15) is 9.59 Å². The molecule has 0 N–H and O–H groups in total. The molecule has 0 saturated carbocycles. The fraction of sp³-hybridized carbons (Fsp3) is 0.500. The van der Waals surface area contributed by atoms with Gasteiger partial charge in [0.15, 0.2) is 0 Å². The standard InChI is InChI=1S/C4H5ClO3.Na.H/c1-2-3(6)8-4(5)7;;/h2H2,1H3;;. The molecule has 0 aromatic rings. The molecule has 3 nitrogen and oxygen atoms in total. The van der Waals surface area contributed by atoms with E-state index in [-0.39, 0.29) is 36.0 Å². The first-order valence-electron chi connectivity index (χ1n) is 2.07. The van der Waals surface area contributed by atoms with Crippen molar-refractivity contribution in [3.8, 4) is 0 Å². The van der Waals surface area contributed by atoms with Crippen LogP contribution in [0.1, 0.15) is 13.3 Å². The number of halogens is 1. The first kappa shape index (κ1) is 12.1. The Kier molecular flexibility index (Phi) is 8.83. The average molecular weight is 161 g/mol. The Morgan fingerprint density at radius 1 is 1.56 bits per heavy atom. The topological polar surface area (TPSA) is 43.4 Å². The molecule has 0 aliphatic rings. The Hall–Kier alpha value is 0.430. The molecule has 0 unspecified atom stereocenters. The molecule has 0 aromatic carbocycles. The Labute approximate surface area is 80.0 Å². The van der Waals surface area contributed by atoms with Crippen LogP contribution in [0.4, 0.5) is 4.79 Å². The van der Waals surface area contributed by atoms with Crippen LogP contribution < -0.4 is 0 Å². The third-order valence-corrected chi connectivity index (χ3v) is 0.560. The Bertz CT molecular complexity index is 114. The summed E-state index contributed by atoms with van der Waals surface area (Å²) in [5.74, 6) is -0.606. The van der Waals surface area contributed by atoms with Gasteiger partial charge in [-0.15, -0.1) is 0 Å². The van der Waals surface area contributed by atoms with Crippen LogP contribution in [0.3, 0.4) is 0 Å². The van der Waals surface area contributed by atoms with Gasteiger partial charge in [-0.25, -0.2) is 4.79 Å². The molecule has 9 heavy (non-hydrogen) atoms. The van der Waals surface area contributed by atoms with Gasteiger partial charge >= 0.3 is 41.0 Å². The van der Waals surface area contributed by atoms with Gasteiger partial charge in [-0.2, -0.15) is 0 Å². The Morgan fingerprint density at radius 2 is 2.00 bits per heavy atom. The second-order valence-corrected chi connectivity index (χ2v) is 1.37. The van der Waals surface area contributed by atoms with Gasteiger partial charge in [-0.1, -0.05) is 6.92 Å². The number of ether oxygens (including phenoxy) is 1. The number of hydrogen-bond acceptors (Lipinski definition) is 3. The summed E-state index contributed by atoms with van der Waals surface area (Å²) in [4.78, 5) is 19.8. The van der Waals surface area contributed by atoms with Gasteiger partial charge < -0.3 is 4.74 Å². The van der Waals surface area contributed by atoms with Gasteiger partial charge in [0, 0.05) is 18.0 Å². The molecule has 0 fully saturated rings. The fourth-order valence-corrected chi connectivity index (χ4v) is 0.248. The molecule has 0 aliphatic heterocycles. The van der Waals surface area contributed by atoms with Crippen LogP contribution in [0.2, 0.25) is 0 Å². The van der Waals surface area contributed by atoms with Gasteiger partial charge in [0.05, 0.1) is 0 Å². The first-order chi connectivity index (χ1) is 3.66. The summed E-state index contributed by atoms with van der Waals surface area (Å²) in [5.41, 5.74) is -1.07. The number of esters is 1. The van der Waals surface area contributed by atoms with Crippen LogP contribution in [0.25, 0.3) is 0 Å². The van der Waals surface area contributed by atoms with Gasteiger partial charge in [-0.05, 0) is 0 Å². The molecular weight excluding hydrogens is 154 g/mol. The van der Waals surface area contributed by atoms with Crippen LogP contribution in [0.5, 0.6) is 0 Å². The van der Waals surface area contributed by atoms with Crippen molar-refractivity contribution in [1.82, 2.24) is 0 Å². The molecule has 0 atom stereocenters. The zero-order valence-electron chi connectivity index (χ0n) is 4.31. The van der Waals surface area contributed by atoms with E-state index in [1.807, 2.05) is 0 Å². The SMILES string of the molecule is CCC(=O)OC(=O)Cl.[NaH]. The maximum absolute atomic E-state index is 10.1. The molecule has 0 amide bonds. The van der Waals surface area contributed by atoms with Crippen molar-refractivity contribution in [1.29, 1.82) is 0 Å². The predicted octanol–water partition coefficient (Wildman–Crippen LogP) is 0.650. The number of carbonyl (C=O) groups excluding carboxylic acids is 2. The fourth-order valence-electron chi connectivity index (χ4n) is 0.162. The normalized spacial score (nSPS) is 7.33. The van der Waals surface area contributed by atoms with Crippen molar-refractivity contribution in [2.45, 2.75) is 13.3 Å². The van der Waals surface area contributed by atoms with Crippen molar-refractivity contribution < 1.29 is 14.3 Å². The number of hydrogen-bond donors (Lipinski definition) is 0. The van der Waals surface area contributed by atoms with E-state index in [0.717, 1.165) is 0 Å². The summed E-state index contributed by atoms with van der Waals surface area (Å²) in [7, 11) is 0. The minimum absolute atomic E-state index is 0. The van der Waals surface area contributed by atoms with E-state index < -0.39 is 11.4 Å². The number of carbonyl (C=O) groups is 2. The third-order valence-electron chi connectivity index (χ3n) is 0.483. The molecule has 0 rings (SSSR count). The van der Waals surface area contributed by atoms with Crippen LogP contribution in [0, 0.1) is 0 Å². The van der Waals surface area contributed by atoms with Crippen molar-refractivity contribution in [2.75, 3.05) is 0 Å². The maximum atomic E-state index is 10.1. The van der Waals surface area contributed by atoms with E-state index in [1.165, 1.54) is 0 Å². The molecule has 48 valence electrons. The van der Waals surface area contributed by atoms with Crippen molar-refractivity contribution in [3.63, 3.8) is 0 Å². The first-order valence-corrected chi connectivity index (χ1v) is 2.44.